The van der Waals surface area contributed by atoms with Gasteiger partial charge in [-0.15, -0.1) is 11.3 Å². The Bertz CT molecular complexity index is 595. The minimum atomic E-state index is 0.819. The zero-order chi connectivity index (χ0) is 10.3. The lowest BCUT2D eigenvalue weighted by Crippen LogP contribution is -1.87. The first-order valence-electron chi connectivity index (χ1n) is 4.71. The Labute approximate surface area is 91.0 Å². The van der Waals surface area contributed by atoms with Crippen molar-refractivity contribution < 1.29 is 0 Å². The highest BCUT2D eigenvalue weighted by molar-refractivity contribution is 7.15. The highest BCUT2D eigenvalue weighted by Gasteiger charge is 2.08. The number of fused-ring (bicyclic) bond motifs is 1. The molecule has 0 unspecified atom stereocenters. The van der Waals surface area contributed by atoms with Gasteiger partial charge in [-0.25, -0.2) is 9.50 Å². The highest BCUT2D eigenvalue weighted by atomic mass is 32.1. The predicted molar refractivity (Wildman–Crippen MR) is 61.0 cm³/mol. The van der Waals surface area contributed by atoms with Gasteiger partial charge in [-0.3, -0.25) is 0 Å². The molecule has 0 N–H and O–H groups in total. The summed E-state index contributed by atoms with van der Waals surface area (Å²) in [5, 5.41) is 6.45. The van der Waals surface area contributed by atoms with Gasteiger partial charge >= 0.3 is 0 Å². The van der Waals surface area contributed by atoms with E-state index in [1.807, 2.05) is 29.6 Å². The molecule has 1 aromatic carbocycles. The number of aryl methyl sites for hydroxylation is 1. The van der Waals surface area contributed by atoms with E-state index in [1.165, 1.54) is 5.56 Å². The van der Waals surface area contributed by atoms with Crippen LogP contribution in [-0.2, 0) is 0 Å². The number of thiazole rings is 1. The van der Waals surface area contributed by atoms with Gasteiger partial charge in [-0.05, 0) is 6.92 Å². The SMILES string of the molecule is Cc1nc2scc(-c3ccccc3)n2n1. The summed E-state index contributed by atoms with van der Waals surface area (Å²) in [4.78, 5) is 5.28. The van der Waals surface area contributed by atoms with Crippen LogP contribution in [0.3, 0.4) is 0 Å². The fourth-order valence-electron chi connectivity index (χ4n) is 1.59. The van der Waals surface area contributed by atoms with Gasteiger partial charge in [0.05, 0.1) is 5.69 Å². The number of aromatic nitrogens is 3. The second-order valence-corrected chi connectivity index (χ2v) is 4.18. The van der Waals surface area contributed by atoms with E-state index in [4.69, 9.17) is 0 Å². The van der Waals surface area contributed by atoms with Crippen molar-refractivity contribution in [3.63, 3.8) is 0 Å². The molecule has 0 spiro atoms. The van der Waals surface area contributed by atoms with Crippen LogP contribution in [0.2, 0.25) is 0 Å². The fraction of sp³-hybridized carbons (Fsp3) is 0.0909. The number of hydrogen-bond acceptors (Lipinski definition) is 3. The van der Waals surface area contributed by atoms with Crippen molar-refractivity contribution in [1.29, 1.82) is 0 Å². The summed E-state index contributed by atoms with van der Waals surface area (Å²) in [6.07, 6.45) is 0. The van der Waals surface area contributed by atoms with E-state index in [0.717, 1.165) is 16.5 Å². The van der Waals surface area contributed by atoms with Crippen LogP contribution in [0.15, 0.2) is 35.7 Å². The van der Waals surface area contributed by atoms with Crippen molar-refractivity contribution in [3.8, 4) is 11.3 Å². The maximum Gasteiger partial charge on any atom is 0.212 e. The third-order valence-corrected chi connectivity index (χ3v) is 3.07. The standard InChI is InChI=1S/C11H9N3S/c1-8-12-11-14(13-8)10(7-15-11)9-5-3-2-4-6-9/h2-7H,1H3. The van der Waals surface area contributed by atoms with Gasteiger partial charge in [-0.1, -0.05) is 30.3 Å². The van der Waals surface area contributed by atoms with Crippen LogP contribution in [0.5, 0.6) is 0 Å². The molecule has 74 valence electrons. The summed E-state index contributed by atoms with van der Waals surface area (Å²) >= 11 is 1.62. The lowest BCUT2D eigenvalue weighted by molar-refractivity contribution is 0.948. The number of rotatable bonds is 1. The van der Waals surface area contributed by atoms with Crippen molar-refractivity contribution in [3.05, 3.63) is 41.5 Å². The van der Waals surface area contributed by atoms with E-state index in [9.17, 15) is 0 Å². The summed E-state index contributed by atoms with van der Waals surface area (Å²) in [5.74, 6) is 0.819. The van der Waals surface area contributed by atoms with E-state index in [0.29, 0.717) is 0 Å². The quantitative estimate of drug-likeness (QED) is 0.624. The molecule has 0 saturated heterocycles. The molecular formula is C11H9N3S. The Balaban J connectivity index is 2.27. The third kappa shape index (κ3) is 1.34. The van der Waals surface area contributed by atoms with Gasteiger partial charge in [0.25, 0.3) is 0 Å². The zero-order valence-corrected chi connectivity index (χ0v) is 9.03. The van der Waals surface area contributed by atoms with E-state index in [2.05, 4.69) is 27.6 Å². The Hall–Kier alpha value is -1.68. The Morgan fingerprint density at radius 1 is 1.20 bits per heavy atom. The van der Waals surface area contributed by atoms with Crippen LogP contribution < -0.4 is 0 Å². The normalized spacial score (nSPS) is 11.0. The van der Waals surface area contributed by atoms with E-state index in [1.54, 1.807) is 11.3 Å². The molecule has 0 atom stereocenters. The van der Waals surface area contributed by atoms with Crippen molar-refractivity contribution in [2.45, 2.75) is 6.92 Å². The lowest BCUT2D eigenvalue weighted by Gasteiger charge is -1.96. The average Bonchev–Trinajstić information content (AvgIpc) is 2.77. The highest BCUT2D eigenvalue weighted by Crippen LogP contribution is 2.24. The minimum absolute atomic E-state index is 0.819. The lowest BCUT2D eigenvalue weighted by atomic mass is 10.2. The molecule has 2 heterocycles. The maximum atomic E-state index is 4.37. The Morgan fingerprint density at radius 2 is 2.00 bits per heavy atom. The van der Waals surface area contributed by atoms with Gasteiger partial charge in [0.15, 0.2) is 0 Å². The van der Waals surface area contributed by atoms with Crippen molar-refractivity contribution in [1.82, 2.24) is 14.6 Å². The van der Waals surface area contributed by atoms with Crippen LogP contribution in [0.1, 0.15) is 5.82 Å². The molecule has 0 radical (unpaired) electrons. The minimum Gasteiger partial charge on any atom is -0.203 e. The van der Waals surface area contributed by atoms with Gasteiger partial charge in [0.2, 0.25) is 4.96 Å². The smallest absolute Gasteiger partial charge is 0.203 e. The summed E-state index contributed by atoms with van der Waals surface area (Å²) < 4.78 is 1.90. The second-order valence-electron chi connectivity index (χ2n) is 3.34. The first kappa shape index (κ1) is 8.61. The van der Waals surface area contributed by atoms with Crippen LogP contribution in [0.25, 0.3) is 16.2 Å². The topological polar surface area (TPSA) is 30.2 Å². The molecule has 4 heteroatoms. The van der Waals surface area contributed by atoms with Crippen molar-refractivity contribution >= 4 is 16.3 Å². The van der Waals surface area contributed by atoms with E-state index < -0.39 is 0 Å². The number of nitrogens with zero attached hydrogens (tertiary/aromatic N) is 3. The Morgan fingerprint density at radius 3 is 2.80 bits per heavy atom. The number of hydrogen-bond donors (Lipinski definition) is 0. The molecular weight excluding hydrogens is 206 g/mol. The molecule has 0 aliphatic heterocycles. The molecule has 0 saturated carbocycles. The molecule has 0 aliphatic rings. The first-order chi connectivity index (χ1) is 7.34. The average molecular weight is 215 g/mol. The van der Waals surface area contributed by atoms with Crippen LogP contribution >= 0.6 is 11.3 Å². The molecule has 0 amide bonds. The van der Waals surface area contributed by atoms with Crippen LogP contribution in [0, 0.1) is 6.92 Å². The van der Waals surface area contributed by atoms with Crippen LogP contribution in [-0.4, -0.2) is 14.6 Å². The molecule has 0 aliphatic carbocycles. The molecule has 3 aromatic rings. The van der Waals surface area contributed by atoms with Gasteiger partial charge in [-0.2, -0.15) is 5.10 Å². The molecule has 0 fully saturated rings. The second kappa shape index (κ2) is 3.17. The Kier molecular flexibility index (Phi) is 1.82. The molecule has 3 nitrogen and oxygen atoms in total. The summed E-state index contributed by atoms with van der Waals surface area (Å²) in [6, 6.07) is 10.2. The van der Waals surface area contributed by atoms with Gasteiger partial charge < -0.3 is 0 Å². The third-order valence-electron chi connectivity index (χ3n) is 2.26. The zero-order valence-electron chi connectivity index (χ0n) is 8.21. The van der Waals surface area contributed by atoms with E-state index in [-0.39, 0.29) is 0 Å². The maximum absolute atomic E-state index is 4.37. The molecule has 15 heavy (non-hydrogen) atoms. The van der Waals surface area contributed by atoms with Crippen LogP contribution in [0.4, 0.5) is 0 Å². The monoisotopic (exact) mass is 215 g/mol. The number of benzene rings is 1. The first-order valence-corrected chi connectivity index (χ1v) is 5.59. The summed E-state index contributed by atoms with van der Waals surface area (Å²) in [7, 11) is 0. The molecule has 2 aromatic heterocycles. The molecule has 0 bridgehead atoms. The fourth-order valence-corrected chi connectivity index (χ4v) is 2.46. The van der Waals surface area contributed by atoms with Crippen molar-refractivity contribution in [2.24, 2.45) is 0 Å². The van der Waals surface area contributed by atoms with Crippen molar-refractivity contribution in [2.75, 3.05) is 0 Å². The van der Waals surface area contributed by atoms with E-state index >= 15 is 0 Å². The summed E-state index contributed by atoms with van der Waals surface area (Å²) in [5.41, 5.74) is 2.28. The largest absolute Gasteiger partial charge is 0.212 e. The van der Waals surface area contributed by atoms with Gasteiger partial charge in [0.1, 0.15) is 5.82 Å². The molecule has 3 rings (SSSR count). The predicted octanol–water partition coefficient (Wildman–Crippen LogP) is 2.77. The summed E-state index contributed by atoms with van der Waals surface area (Å²) in [6.45, 7) is 1.91. The van der Waals surface area contributed by atoms with Gasteiger partial charge in [0, 0.05) is 10.9 Å².